The second-order valence-electron chi connectivity index (χ2n) is 12.5. The van der Waals surface area contributed by atoms with Gasteiger partial charge in [0.15, 0.2) is 0 Å². The molecule has 0 radical (unpaired) electrons. The van der Waals surface area contributed by atoms with Crippen molar-refractivity contribution in [3.8, 4) is 22.3 Å². The highest BCUT2D eigenvalue weighted by Crippen LogP contribution is 2.66. The Hall–Kier alpha value is -3.12. The second-order valence-corrected chi connectivity index (χ2v) is 12.5. The highest BCUT2D eigenvalue weighted by atomic mass is 14.6. The van der Waals surface area contributed by atoms with Gasteiger partial charge in [-0.1, -0.05) is 84.9 Å². The molecule has 0 heterocycles. The van der Waals surface area contributed by atoms with Crippen molar-refractivity contribution in [3.05, 3.63) is 118 Å². The van der Waals surface area contributed by atoms with Gasteiger partial charge in [0.1, 0.15) is 0 Å². The van der Waals surface area contributed by atoms with E-state index in [1.54, 1.807) is 22.3 Å². The average molecular weight is 465 g/mol. The first-order valence-electron chi connectivity index (χ1n) is 14.2. The van der Waals surface area contributed by atoms with Gasteiger partial charge in [-0.05, 0) is 124 Å². The maximum Gasteiger partial charge on any atom is 0.0262 e. The van der Waals surface area contributed by atoms with Crippen LogP contribution in [0.1, 0.15) is 65.5 Å². The summed E-state index contributed by atoms with van der Waals surface area (Å²) < 4.78 is 0. The van der Waals surface area contributed by atoms with Crippen LogP contribution in [0.4, 0.5) is 0 Å². The molecule has 0 amide bonds. The Morgan fingerprint density at radius 3 is 1.86 bits per heavy atom. The van der Waals surface area contributed by atoms with Crippen LogP contribution in [-0.2, 0) is 18.3 Å². The number of hydrogen-bond donors (Lipinski definition) is 0. The van der Waals surface area contributed by atoms with E-state index in [0.717, 1.165) is 36.5 Å². The molecule has 176 valence electrons. The van der Waals surface area contributed by atoms with E-state index in [9.17, 15) is 0 Å². The molecule has 0 nitrogen and oxygen atoms in total. The molecule has 6 aliphatic rings. The molecule has 36 heavy (non-hydrogen) atoms. The Labute approximate surface area is 214 Å². The fourth-order valence-corrected chi connectivity index (χ4v) is 9.94. The summed E-state index contributed by atoms with van der Waals surface area (Å²) in [7, 11) is 0. The van der Waals surface area contributed by atoms with Crippen molar-refractivity contribution < 1.29 is 0 Å². The Bertz CT molecular complexity index is 1520. The van der Waals surface area contributed by atoms with Crippen LogP contribution >= 0.6 is 0 Å². The quantitative estimate of drug-likeness (QED) is 0.241. The van der Waals surface area contributed by atoms with E-state index in [2.05, 4.69) is 84.9 Å². The molecule has 6 aliphatic carbocycles. The van der Waals surface area contributed by atoms with Crippen LogP contribution < -0.4 is 0 Å². The molecular formula is C36H32. The fraction of sp³-hybridized carbons (Fsp3) is 0.333. The van der Waals surface area contributed by atoms with Crippen LogP contribution in [-0.4, -0.2) is 0 Å². The highest BCUT2D eigenvalue weighted by Gasteiger charge is 2.59. The minimum atomic E-state index is 0.171. The van der Waals surface area contributed by atoms with Crippen LogP contribution in [0.3, 0.4) is 0 Å². The summed E-state index contributed by atoms with van der Waals surface area (Å²) in [6, 6.07) is 33.2. The van der Waals surface area contributed by atoms with E-state index in [-0.39, 0.29) is 5.41 Å². The molecule has 4 saturated carbocycles. The molecule has 0 aromatic heterocycles. The van der Waals surface area contributed by atoms with Crippen molar-refractivity contribution in [3.63, 3.8) is 0 Å². The molecule has 10 rings (SSSR count). The van der Waals surface area contributed by atoms with Crippen LogP contribution in [0.15, 0.2) is 84.9 Å². The van der Waals surface area contributed by atoms with E-state index >= 15 is 0 Å². The van der Waals surface area contributed by atoms with Crippen molar-refractivity contribution in [1.82, 2.24) is 0 Å². The summed E-state index contributed by atoms with van der Waals surface area (Å²) in [4.78, 5) is 0. The van der Waals surface area contributed by atoms with Crippen molar-refractivity contribution in [2.45, 2.75) is 50.4 Å². The van der Waals surface area contributed by atoms with E-state index in [1.165, 1.54) is 65.5 Å². The minimum absolute atomic E-state index is 0.171. The summed E-state index contributed by atoms with van der Waals surface area (Å²) in [5, 5.41) is 0. The lowest BCUT2D eigenvalue weighted by molar-refractivity contribution is -0.0421. The van der Waals surface area contributed by atoms with Gasteiger partial charge < -0.3 is 0 Å². The third-order valence-corrected chi connectivity index (χ3v) is 11.0. The zero-order valence-corrected chi connectivity index (χ0v) is 20.8. The molecule has 0 spiro atoms. The summed E-state index contributed by atoms with van der Waals surface area (Å²) in [5.41, 5.74) is 15.6. The minimum Gasteiger partial charge on any atom is -0.0619 e. The lowest BCUT2D eigenvalue weighted by atomic mass is 9.42. The zero-order valence-electron chi connectivity index (χ0n) is 20.8. The summed E-state index contributed by atoms with van der Waals surface area (Å²) in [6.45, 7) is 0. The van der Waals surface area contributed by atoms with Gasteiger partial charge in [0, 0.05) is 5.41 Å². The molecule has 0 aliphatic heterocycles. The Morgan fingerprint density at radius 1 is 0.500 bits per heavy atom. The van der Waals surface area contributed by atoms with Gasteiger partial charge in [-0.3, -0.25) is 0 Å². The monoisotopic (exact) mass is 464 g/mol. The van der Waals surface area contributed by atoms with Crippen molar-refractivity contribution in [2.24, 2.45) is 23.7 Å². The summed E-state index contributed by atoms with van der Waals surface area (Å²) >= 11 is 0. The van der Waals surface area contributed by atoms with E-state index in [1.807, 2.05) is 0 Å². The lowest BCUT2D eigenvalue weighted by Crippen LogP contribution is -2.56. The van der Waals surface area contributed by atoms with E-state index < -0.39 is 0 Å². The number of rotatable bonds is 2. The van der Waals surface area contributed by atoms with Crippen molar-refractivity contribution in [2.75, 3.05) is 0 Å². The molecule has 4 aromatic carbocycles. The topological polar surface area (TPSA) is 0 Å². The van der Waals surface area contributed by atoms with Gasteiger partial charge in [-0.25, -0.2) is 0 Å². The largest absolute Gasteiger partial charge is 0.0619 e. The summed E-state index contributed by atoms with van der Waals surface area (Å²) in [6.07, 6.45) is 9.42. The standard InChI is InChI=1S/C36H32/c1-3-8-30-24(6-1)19-26-20-27(12-13-32(26)30)36(28-15-22-14-23(17-28)18-29(36)16-22)35-11-5-10-33-31-9-4-2-7-25(31)21-34(33)35/h1-13,20,22-23,28-29H,14-19,21H2. The van der Waals surface area contributed by atoms with Crippen molar-refractivity contribution >= 4 is 0 Å². The van der Waals surface area contributed by atoms with E-state index in [4.69, 9.17) is 0 Å². The number of hydrogen-bond acceptors (Lipinski definition) is 0. The molecule has 0 heteroatoms. The first kappa shape index (κ1) is 20.0. The lowest BCUT2D eigenvalue weighted by Gasteiger charge is -2.62. The number of benzene rings is 4. The maximum absolute atomic E-state index is 2.67. The van der Waals surface area contributed by atoms with Gasteiger partial charge in [-0.15, -0.1) is 0 Å². The predicted octanol–water partition coefficient (Wildman–Crippen LogP) is 8.57. The second kappa shape index (κ2) is 7.00. The average Bonchev–Trinajstić information content (AvgIpc) is 3.47. The predicted molar refractivity (Wildman–Crippen MR) is 147 cm³/mol. The third kappa shape index (κ3) is 2.46. The first-order valence-corrected chi connectivity index (χ1v) is 14.2. The van der Waals surface area contributed by atoms with Gasteiger partial charge in [0.25, 0.3) is 0 Å². The highest BCUT2D eigenvalue weighted by molar-refractivity contribution is 5.80. The van der Waals surface area contributed by atoms with Crippen LogP contribution in [0, 0.1) is 23.7 Å². The molecule has 0 saturated heterocycles. The van der Waals surface area contributed by atoms with Crippen LogP contribution in [0.25, 0.3) is 22.3 Å². The number of fused-ring (bicyclic) bond motifs is 6. The normalized spacial score (nSPS) is 30.1. The van der Waals surface area contributed by atoms with Crippen molar-refractivity contribution in [1.29, 1.82) is 0 Å². The Balaban J connectivity index is 1.28. The molecule has 0 N–H and O–H groups in total. The molecule has 4 fully saturated rings. The molecule has 4 aromatic rings. The fourth-order valence-electron chi connectivity index (χ4n) is 9.94. The Morgan fingerprint density at radius 2 is 1.11 bits per heavy atom. The smallest absolute Gasteiger partial charge is 0.0262 e. The Kier molecular flexibility index (Phi) is 3.89. The zero-order chi connectivity index (χ0) is 23.4. The van der Waals surface area contributed by atoms with Gasteiger partial charge >= 0.3 is 0 Å². The van der Waals surface area contributed by atoms with E-state index in [0.29, 0.717) is 0 Å². The molecule has 4 bridgehead atoms. The molecular weight excluding hydrogens is 432 g/mol. The van der Waals surface area contributed by atoms with Gasteiger partial charge in [0.05, 0.1) is 0 Å². The molecule has 0 atom stereocenters. The van der Waals surface area contributed by atoms with Crippen LogP contribution in [0.5, 0.6) is 0 Å². The first-order chi connectivity index (χ1) is 17.8. The maximum atomic E-state index is 2.67. The van der Waals surface area contributed by atoms with Crippen LogP contribution in [0.2, 0.25) is 0 Å². The third-order valence-electron chi connectivity index (χ3n) is 11.0. The summed E-state index contributed by atoms with van der Waals surface area (Å²) in [5.74, 6) is 3.50. The van der Waals surface area contributed by atoms with Gasteiger partial charge in [-0.2, -0.15) is 0 Å². The molecule has 0 unspecified atom stereocenters. The SMILES string of the molecule is c1ccc2c(c1)Cc1cc(C3(c4cccc5c4Cc4ccccc4-5)C4CC5CC(C4)CC3C5)ccc1-2. The van der Waals surface area contributed by atoms with Gasteiger partial charge in [0.2, 0.25) is 0 Å².